The van der Waals surface area contributed by atoms with E-state index in [1.165, 1.54) is 6.92 Å². The molecule has 0 aliphatic carbocycles. The van der Waals surface area contributed by atoms with Crippen LogP contribution in [0.25, 0.3) is 0 Å². The number of nitrogens with one attached hydrogen (secondary N) is 2. The second-order valence-electron chi connectivity index (χ2n) is 2.86. The van der Waals surface area contributed by atoms with Crippen LogP contribution in [-0.4, -0.2) is 27.2 Å². The van der Waals surface area contributed by atoms with Gasteiger partial charge in [0.25, 0.3) is 0 Å². The third kappa shape index (κ3) is 2.58. The van der Waals surface area contributed by atoms with Crippen molar-refractivity contribution in [3.05, 3.63) is 18.0 Å². The summed E-state index contributed by atoms with van der Waals surface area (Å²) >= 11 is 0. The quantitative estimate of drug-likeness (QED) is 0.580. The average Bonchev–Trinajstić information content (AvgIpc) is 2.65. The van der Waals surface area contributed by atoms with Crippen molar-refractivity contribution in [2.24, 2.45) is 5.92 Å². The van der Waals surface area contributed by atoms with Gasteiger partial charge in [0, 0.05) is 6.20 Å². The van der Waals surface area contributed by atoms with E-state index in [4.69, 9.17) is 5.11 Å². The Balaban J connectivity index is 2.39. The Morgan fingerprint density at radius 3 is 2.93 bits per heavy atom. The van der Waals surface area contributed by atoms with Crippen LogP contribution in [-0.2, 0) is 16.1 Å². The van der Waals surface area contributed by atoms with Crippen LogP contribution in [0.2, 0.25) is 0 Å². The Hall–Kier alpha value is -1.85. The first kappa shape index (κ1) is 10.2. The number of hydrogen-bond donors (Lipinski definition) is 3. The minimum absolute atomic E-state index is 0.260. The molecule has 1 aromatic rings. The van der Waals surface area contributed by atoms with Crippen molar-refractivity contribution in [2.45, 2.75) is 13.5 Å². The number of carboxylic acids is 1. The molecule has 1 rings (SSSR count). The zero-order valence-corrected chi connectivity index (χ0v) is 7.65. The molecule has 1 heterocycles. The highest BCUT2D eigenvalue weighted by molar-refractivity contribution is 5.96. The molecule has 3 N–H and O–H groups in total. The van der Waals surface area contributed by atoms with Crippen molar-refractivity contribution < 1.29 is 14.7 Å². The van der Waals surface area contributed by atoms with E-state index in [2.05, 4.69) is 15.5 Å². The monoisotopic (exact) mass is 197 g/mol. The zero-order chi connectivity index (χ0) is 10.6. The van der Waals surface area contributed by atoms with Crippen LogP contribution >= 0.6 is 0 Å². The van der Waals surface area contributed by atoms with E-state index in [1.807, 2.05) is 0 Å². The number of aromatic amines is 1. The topological polar surface area (TPSA) is 95.1 Å². The second-order valence-corrected chi connectivity index (χ2v) is 2.86. The lowest BCUT2D eigenvalue weighted by molar-refractivity contribution is -0.146. The predicted octanol–water partition coefficient (Wildman–Crippen LogP) is -0.253. The third-order valence-corrected chi connectivity index (χ3v) is 1.78. The Labute approximate surface area is 80.3 Å². The number of hydrogen-bond acceptors (Lipinski definition) is 3. The van der Waals surface area contributed by atoms with E-state index in [0.717, 1.165) is 5.69 Å². The summed E-state index contributed by atoms with van der Waals surface area (Å²) in [4.78, 5) is 21.6. The lowest BCUT2D eigenvalue weighted by atomic mass is 10.2. The first-order chi connectivity index (χ1) is 6.61. The van der Waals surface area contributed by atoms with Crippen molar-refractivity contribution in [1.29, 1.82) is 0 Å². The predicted molar refractivity (Wildman–Crippen MR) is 47.2 cm³/mol. The highest BCUT2D eigenvalue weighted by Gasteiger charge is 2.19. The maximum Gasteiger partial charge on any atom is 0.315 e. The molecule has 1 atom stereocenters. The van der Waals surface area contributed by atoms with Crippen LogP contribution in [0.1, 0.15) is 12.6 Å². The van der Waals surface area contributed by atoms with Crippen LogP contribution in [0.5, 0.6) is 0 Å². The zero-order valence-electron chi connectivity index (χ0n) is 7.65. The van der Waals surface area contributed by atoms with Gasteiger partial charge in [0.05, 0.1) is 12.2 Å². The molecular weight excluding hydrogens is 186 g/mol. The number of carboxylic acid groups (broad SMARTS) is 1. The number of carbonyl (C=O) groups is 2. The first-order valence-electron chi connectivity index (χ1n) is 4.10. The molecule has 14 heavy (non-hydrogen) atoms. The van der Waals surface area contributed by atoms with Gasteiger partial charge in [0.1, 0.15) is 5.92 Å². The van der Waals surface area contributed by atoms with Gasteiger partial charge in [-0.3, -0.25) is 14.7 Å². The largest absolute Gasteiger partial charge is 0.481 e. The minimum Gasteiger partial charge on any atom is -0.481 e. The summed E-state index contributed by atoms with van der Waals surface area (Å²) < 4.78 is 0. The summed E-state index contributed by atoms with van der Waals surface area (Å²) in [6.07, 6.45) is 1.56. The van der Waals surface area contributed by atoms with Crippen LogP contribution in [0.15, 0.2) is 12.3 Å². The molecule has 76 valence electrons. The van der Waals surface area contributed by atoms with Gasteiger partial charge in [0.15, 0.2) is 0 Å². The molecule has 0 radical (unpaired) electrons. The van der Waals surface area contributed by atoms with Crippen molar-refractivity contribution >= 4 is 11.9 Å². The molecule has 0 spiro atoms. The molecule has 1 unspecified atom stereocenters. The molecule has 0 aliphatic heterocycles. The summed E-state index contributed by atoms with van der Waals surface area (Å²) in [5.41, 5.74) is 0.732. The summed E-state index contributed by atoms with van der Waals surface area (Å²) in [6.45, 7) is 1.60. The normalized spacial score (nSPS) is 12.1. The number of H-pyrrole nitrogens is 1. The van der Waals surface area contributed by atoms with Crippen LogP contribution in [0.4, 0.5) is 0 Å². The number of nitrogens with zero attached hydrogens (tertiary/aromatic N) is 1. The summed E-state index contributed by atoms with van der Waals surface area (Å²) in [6, 6.07) is 1.70. The molecule has 0 saturated carbocycles. The van der Waals surface area contributed by atoms with E-state index in [1.54, 1.807) is 12.3 Å². The Morgan fingerprint density at radius 1 is 1.71 bits per heavy atom. The molecular formula is C8H11N3O3. The Kier molecular flexibility index (Phi) is 3.22. The van der Waals surface area contributed by atoms with Gasteiger partial charge in [-0.05, 0) is 13.0 Å². The van der Waals surface area contributed by atoms with Gasteiger partial charge in [-0.15, -0.1) is 0 Å². The van der Waals surface area contributed by atoms with Gasteiger partial charge in [0.2, 0.25) is 5.91 Å². The van der Waals surface area contributed by atoms with E-state index < -0.39 is 17.8 Å². The lowest BCUT2D eigenvalue weighted by Crippen LogP contribution is -2.33. The third-order valence-electron chi connectivity index (χ3n) is 1.78. The smallest absolute Gasteiger partial charge is 0.315 e. The SMILES string of the molecule is CC(C(=O)O)C(=O)NCc1ccn[nH]1. The molecule has 0 fully saturated rings. The number of carbonyl (C=O) groups excluding carboxylic acids is 1. The summed E-state index contributed by atoms with van der Waals surface area (Å²) in [5, 5.41) is 17.3. The van der Waals surface area contributed by atoms with Gasteiger partial charge in [-0.1, -0.05) is 0 Å². The highest BCUT2D eigenvalue weighted by Crippen LogP contribution is 1.96. The molecule has 0 aromatic carbocycles. The Bertz CT molecular complexity index is 321. The maximum atomic E-state index is 11.2. The maximum absolute atomic E-state index is 11.2. The van der Waals surface area contributed by atoms with Gasteiger partial charge >= 0.3 is 5.97 Å². The molecule has 6 nitrogen and oxygen atoms in total. The van der Waals surface area contributed by atoms with Crippen molar-refractivity contribution in [1.82, 2.24) is 15.5 Å². The summed E-state index contributed by atoms with van der Waals surface area (Å²) in [7, 11) is 0. The fraction of sp³-hybridized carbons (Fsp3) is 0.375. The lowest BCUT2D eigenvalue weighted by Gasteiger charge is -2.06. The summed E-state index contributed by atoms with van der Waals surface area (Å²) in [5.74, 6) is -2.67. The van der Waals surface area contributed by atoms with Crippen molar-refractivity contribution in [2.75, 3.05) is 0 Å². The minimum atomic E-state index is -1.13. The number of rotatable bonds is 4. The fourth-order valence-corrected chi connectivity index (χ4v) is 0.831. The average molecular weight is 197 g/mol. The van der Waals surface area contributed by atoms with E-state index >= 15 is 0 Å². The van der Waals surface area contributed by atoms with Gasteiger partial charge in [-0.25, -0.2) is 0 Å². The molecule has 0 saturated heterocycles. The fourth-order valence-electron chi connectivity index (χ4n) is 0.831. The molecule has 0 aliphatic rings. The van der Waals surface area contributed by atoms with E-state index in [9.17, 15) is 9.59 Å². The van der Waals surface area contributed by atoms with Crippen LogP contribution in [0.3, 0.4) is 0 Å². The number of amides is 1. The number of aliphatic carboxylic acids is 1. The Morgan fingerprint density at radius 2 is 2.43 bits per heavy atom. The highest BCUT2D eigenvalue weighted by atomic mass is 16.4. The standard InChI is InChI=1S/C8H11N3O3/c1-5(8(13)14)7(12)9-4-6-2-3-10-11-6/h2-3,5H,4H2,1H3,(H,9,12)(H,10,11)(H,13,14). The van der Waals surface area contributed by atoms with E-state index in [-0.39, 0.29) is 6.54 Å². The van der Waals surface area contributed by atoms with Crippen molar-refractivity contribution in [3.8, 4) is 0 Å². The van der Waals surface area contributed by atoms with Crippen molar-refractivity contribution in [3.63, 3.8) is 0 Å². The molecule has 1 aromatic heterocycles. The second kappa shape index (κ2) is 4.40. The van der Waals surface area contributed by atoms with Crippen LogP contribution < -0.4 is 5.32 Å². The number of aromatic nitrogens is 2. The molecule has 1 amide bonds. The first-order valence-corrected chi connectivity index (χ1v) is 4.10. The van der Waals surface area contributed by atoms with E-state index in [0.29, 0.717) is 0 Å². The van der Waals surface area contributed by atoms with Crippen LogP contribution in [0, 0.1) is 5.92 Å². The molecule has 6 heteroatoms. The molecule has 0 bridgehead atoms. The van der Waals surface area contributed by atoms with Gasteiger partial charge < -0.3 is 10.4 Å². The van der Waals surface area contributed by atoms with Gasteiger partial charge in [-0.2, -0.15) is 5.10 Å².